The number of hydrogen-bond donors (Lipinski definition) is 2. The predicted octanol–water partition coefficient (Wildman–Crippen LogP) is 2.72. The number of thiophene rings is 1. The first-order valence-electron chi connectivity index (χ1n) is 9.39. The molecule has 1 aromatic carbocycles. The molecule has 9 heteroatoms. The van der Waals surface area contributed by atoms with E-state index in [1.165, 1.54) is 18.4 Å². The summed E-state index contributed by atoms with van der Waals surface area (Å²) < 4.78 is 31.3. The van der Waals surface area contributed by atoms with Crippen LogP contribution in [0, 0.1) is 0 Å². The molecule has 0 bridgehead atoms. The number of carbonyl (C=O) groups excluding carboxylic acids is 2. The third-order valence-corrected chi connectivity index (χ3v) is 7.93. The average molecular weight is 447 g/mol. The van der Waals surface area contributed by atoms with Crippen LogP contribution in [0.4, 0.5) is 0 Å². The second-order valence-electron chi connectivity index (χ2n) is 6.54. The van der Waals surface area contributed by atoms with Gasteiger partial charge in [-0.25, -0.2) is 8.42 Å². The smallest absolute Gasteiger partial charge is 0.309 e. The van der Waals surface area contributed by atoms with E-state index in [0.717, 1.165) is 23.3 Å². The van der Waals surface area contributed by atoms with Crippen LogP contribution in [0.15, 0.2) is 74.9 Å². The van der Waals surface area contributed by atoms with Gasteiger partial charge < -0.3 is 15.1 Å². The average Bonchev–Trinajstić information content (AvgIpc) is 3.46. The Kier molecular flexibility index (Phi) is 7.42. The van der Waals surface area contributed by atoms with Gasteiger partial charge in [-0.3, -0.25) is 9.59 Å². The first-order chi connectivity index (χ1) is 14.5. The number of furan rings is 1. The number of benzene rings is 1. The number of hydrogen-bond acceptors (Lipinski definition) is 6. The standard InChI is InChI=1S/C21H22N2O5S2/c24-20(22-12-4-9-16-7-2-1-3-8-16)21(25)23-15-18(17-10-5-13-28-17)30(26,27)19-11-6-14-29-19/h1-3,5-8,10-11,13-14,18H,4,9,12,15H2,(H,22,24)(H,23,25)/t18-/m1/s1. The van der Waals surface area contributed by atoms with Crippen LogP contribution in [0.5, 0.6) is 0 Å². The Morgan fingerprint density at radius 3 is 2.40 bits per heavy atom. The highest BCUT2D eigenvalue weighted by atomic mass is 32.2. The van der Waals surface area contributed by atoms with Gasteiger partial charge in [-0.05, 0) is 42.0 Å². The molecule has 1 atom stereocenters. The molecule has 2 aromatic heterocycles. The Labute approximate surface area is 179 Å². The molecular formula is C21H22N2O5S2. The summed E-state index contributed by atoms with van der Waals surface area (Å²) in [5, 5.41) is 5.50. The minimum Gasteiger partial charge on any atom is -0.468 e. The van der Waals surface area contributed by atoms with Crippen LogP contribution in [0.1, 0.15) is 23.0 Å². The van der Waals surface area contributed by atoms with Crippen molar-refractivity contribution in [2.45, 2.75) is 22.3 Å². The second-order valence-corrected chi connectivity index (χ2v) is 9.84. The van der Waals surface area contributed by atoms with Crippen molar-refractivity contribution < 1.29 is 22.4 Å². The van der Waals surface area contributed by atoms with Crippen LogP contribution in [0.3, 0.4) is 0 Å². The number of rotatable bonds is 9. The van der Waals surface area contributed by atoms with Crippen molar-refractivity contribution in [2.24, 2.45) is 0 Å². The zero-order valence-corrected chi connectivity index (χ0v) is 17.7. The summed E-state index contributed by atoms with van der Waals surface area (Å²) in [7, 11) is -3.78. The molecule has 3 rings (SSSR count). The van der Waals surface area contributed by atoms with E-state index in [2.05, 4.69) is 10.6 Å². The summed E-state index contributed by atoms with van der Waals surface area (Å²) in [4.78, 5) is 24.2. The van der Waals surface area contributed by atoms with E-state index in [9.17, 15) is 18.0 Å². The van der Waals surface area contributed by atoms with E-state index in [1.807, 2.05) is 30.3 Å². The van der Waals surface area contributed by atoms with E-state index in [-0.39, 0.29) is 16.5 Å². The molecule has 0 aliphatic heterocycles. The third-order valence-electron chi connectivity index (χ3n) is 4.44. The monoisotopic (exact) mass is 446 g/mol. The SMILES string of the molecule is O=C(NCCCc1ccccc1)C(=O)NC[C@H](c1ccco1)S(=O)(=O)c1cccs1. The van der Waals surface area contributed by atoms with Crippen LogP contribution in [-0.2, 0) is 25.8 Å². The van der Waals surface area contributed by atoms with Gasteiger partial charge in [0.05, 0.1) is 6.26 Å². The molecule has 0 spiro atoms. The van der Waals surface area contributed by atoms with Crippen molar-refractivity contribution in [3.8, 4) is 0 Å². The minimum absolute atomic E-state index is 0.170. The molecule has 2 N–H and O–H groups in total. The molecule has 0 fully saturated rings. The summed E-state index contributed by atoms with van der Waals surface area (Å²) in [5.74, 6) is -1.48. The first-order valence-corrected chi connectivity index (χ1v) is 11.8. The fourth-order valence-corrected chi connectivity index (χ4v) is 5.68. The Hall–Kier alpha value is -2.91. The number of amides is 2. The van der Waals surface area contributed by atoms with Gasteiger partial charge in [-0.1, -0.05) is 36.4 Å². The zero-order chi connectivity index (χ0) is 21.4. The lowest BCUT2D eigenvalue weighted by Gasteiger charge is -2.15. The largest absolute Gasteiger partial charge is 0.468 e. The first kappa shape index (κ1) is 21.8. The van der Waals surface area contributed by atoms with Crippen molar-refractivity contribution in [3.05, 3.63) is 77.6 Å². The van der Waals surface area contributed by atoms with E-state index in [0.29, 0.717) is 13.0 Å². The van der Waals surface area contributed by atoms with Crippen LogP contribution in [0.2, 0.25) is 0 Å². The molecule has 0 radical (unpaired) electrons. The molecule has 0 saturated heterocycles. The lowest BCUT2D eigenvalue weighted by Crippen LogP contribution is -2.42. The molecule has 0 aliphatic rings. The number of carbonyl (C=O) groups is 2. The predicted molar refractivity (Wildman–Crippen MR) is 114 cm³/mol. The summed E-state index contributed by atoms with van der Waals surface area (Å²) in [5.41, 5.74) is 1.15. The van der Waals surface area contributed by atoms with E-state index in [4.69, 9.17) is 4.42 Å². The third kappa shape index (κ3) is 5.58. The Morgan fingerprint density at radius 1 is 0.967 bits per heavy atom. The highest BCUT2D eigenvalue weighted by molar-refractivity contribution is 7.93. The normalized spacial score (nSPS) is 12.3. The van der Waals surface area contributed by atoms with Gasteiger partial charge in [-0.15, -0.1) is 11.3 Å². The number of sulfone groups is 1. The van der Waals surface area contributed by atoms with E-state index in [1.54, 1.807) is 17.5 Å². The maximum atomic E-state index is 12.9. The van der Waals surface area contributed by atoms with Gasteiger partial charge in [0.1, 0.15) is 15.2 Å². The molecular weight excluding hydrogens is 424 g/mol. The Balaban J connectivity index is 1.53. The maximum absolute atomic E-state index is 12.9. The summed E-state index contributed by atoms with van der Waals surface area (Å²) >= 11 is 1.09. The van der Waals surface area contributed by atoms with Crippen LogP contribution in [-0.4, -0.2) is 33.3 Å². The molecule has 30 heavy (non-hydrogen) atoms. The lowest BCUT2D eigenvalue weighted by atomic mass is 10.1. The summed E-state index contributed by atoms with van der Waals surface area (Å²) in [6.07, 6.45) is 2.83. The molecule has 7 nitrogen and oxygen atoms in total. The summed E-state index contributed by atoms with van der Waals surface area (Å²) in [6.45, 7) is 0.0697. The van der Waals surface area contributed by atoms with Crippen LogP contribution >= 0.6 is 11.3 Å². The van der Waals surface area contributed by atoms with E-state index < -0.39 is 26.9 Å². The van der Waals surface area contributed by atoms with Crippen molar-refractivity contribution in [1.29, 1.82) is 0 Å². The van der Waals surface area contributed by atoms with Gasteiger partial charge in [0.2, 0.25) is 0 Å². The topological polar surface area (TPSA) is 105 Å². The molecule has 0 saturated carbocycles. The number of aryl methyl sites for hydroxylation is 1. The van der Waals surface area contributed by atoms with Gasteiger partial charge in [-0.2, -0.15) is 0 Å². The fraction of sp³-hybridized carbons (Fsp3) is 0.238. The molecule has 0 aliphatic carbocycles. The van der Waals surface area contributed by atoms with Crippen molar-refractivity contribution >= 4 is 33.0 Å². The van der Waals surface area contributed by atoms with Crippen molar-refractivity contribution in [1.82, 2.24) is 10.6 Å². The highest BCUT2D eigenvalue weighted by Crippen LogP contribution is 2.31. The zero-order valence-electron chi connectivity index (χ0n) is 16.1. The van der Waals surface area contributed by atoms with E-state index >= 15 is 0 Å². The fourth-order valence-electron chi connectivity index (χ4n) is 2.89. The van der Waals surface area contributed by atoms with Gasteiger partial charge in [0, 0.05) is 13.1 Å². The van der Waals surface area contributed by atoms with Gasteiger partial charge in [0.25, 0.3) is 0 Å². The molecule has 2 amide bonds. The molecule has 2 heterocycles. The molecule has 158 valence electrons. The highest BCUT2D eigenvalue weighted by Gasteiger charge is 2.33. The van der Waals surface area contributed by atoms with Crippen molar-refractivity contribution in [3.63, 3.8) is 0 Å². The summed E-state index contributed by atoms with van der Waals surface area (Å²) in [6, 6.07) is 16.1. The van der Waals surface area contributed by atoms with Gasteiger partial charge >= 0.3 is 11.8 Å². The Morgan fingerprint density at radius 2 is 1.73 bits per heavy atom. The van der Waals surface area contributed by atoms with Crippen LogP contribution < -0.4 is 10.6 Å². The maximum Gasteiger partial charge on any atom is 0.309 e. The van der Waals surface area contributed by atoms with Crippen molar-refractivity contribution in [2.75, 3.05) is 13.1 Å². The lowest BCUT2D eigenvalue weighted by molar-refractivity contribution is -0.139. The van der Waals surface area contributed by atoms with Crippen LogP contribution in [0.25, 0.3) is 0 Å². The molecule has 3 aromatic rings. The molecule has 0 unspecified atom stereocenters. The number of nitrogens with one attached hydrogen (secondary N) is 2. The van der Waals surface area contributed by atoms with Gasteiger partial charge in [0.15, 0.2) is 9.84 Å². The second kappa shape index (κ2) is 10.2. The quantitative estimate of drug-likeness (QED) is 0.388. The Bertz CT molecular complexity index is 1050. The minimum atomic E-state index is -3.78.